The highest BCUT2D eigenvalue weighted by molar-refractivity contribution is 5.93. The van der Waals surface area contributed by atoms with E-state index in [1.54, 1.807) is 17.0 Å². The van der Waals surface area contributed by atoms with Crippen LogP contribution in [0.15, 0.2) is 72.8 Å². The van der Waals surface area contributed by atoms with Gasteiger partial charge in [0.05, 0.1) is 6.42 Å². The molecule has 0 saturated carbocycles. The number of nitrogens with zero attached hydrogens (tertiary/aromatic N) is 1. The Kier molecular flexibility index (Phi) is 7.19. The summed E-state index contributed by atoms with van der Waals surface area (Å²) in [5, 5.41) is 5.29. The molecule has 0 saturated heterocycles. The van der Waals surface area contributed by atoms with Crippen LogP contribution in [0.3, 0.4) is 0 Å². The van der Waals surface area contributed by atoms with Gasteiger partial charge in [0.15, 0.2) is 0 Å². The van der Waals surface area contributed by atoms with Crippen LogP contribution in [0.5, 0.6) is 0 Å². The van der Waals surface area contributed by atoms with Crippen molar-refractivity contribution in [3.63, 3.8) is 0 Å². The van der Waals surface area contributed by atoms with E-state index in [0.717, 1.165) is 29.3 Å². The van der Waals surface area contributed by atoms with Gasteiger partial charge in [-0.05, 0) is 41.3 Å². The summed E-state index contributed by atoms with van der Waals surface area (Å²) in [5.41, 5.74) is 2.77. The summed E-state index contributed by atoms with van der Waals surface area (Å²) in [4.78, 5) is 40.3. The van der Waals surface area contributed by atoms with Crippen molar-refractivity contribution in [3.05, 3.63) is 107 Å². The first-order chi connectivity index (χ1) is 16.8. The minimum atomic E-state index is -0.967. The first-order valence-electron chi connectivity index (χ1n) is 11.3. The van der Waals surface area contributed by atoms with Gasteiger partial charge in [0, 0.05) is 19.2 Å². The molecule has 1 aliphatic rings. The standard InChI is InChI=1S/C27H25F2N3O3/c1-17(30-24(33)13-19-11-21(28)14-22(29)12-19)26(34)31-25-23-10-6-5-9-20(23)16-32(27(25)35)15-18-7-3-2-4-8-18/h2-12,14,17,25H,13,15-16H2,1H3,(H,30,33)(H,31,34)/t17-,25?/m0/s1. The van der Waals surface area contributed by atoms with E-state index in [1.165, 1.54) is 6.92 Å². The van der Waals surface area contributed by atoms with Gasteiger partial charge in [-0.15, -0.1) is 0 Å². The van der Waals surface area contributed by atoms with E-state index < -0.39 is 35.5 Å². The zero-order valence-corrected chi connectivity index (χ0v) is 19.1. The minimum Gasteiger partial charge on any atom is -0.344 e. The molecule has 0 aromatic heterocycles. The van der Waals surface area contributed by atoms with Gasteiger partial charge in [-0.2, -0.15) is 0 Å². The van der Waals surface area contributed by atoms with E-state index in [4.69, 9.17) is 0 Å². The molecule has 3 aromatic rings. The summed E-state index contributed by atoms with van der Waals surface area (Å²) in [6.45, 7) is 2.31. The Morgan fingerprint density at radius 3 is 2.34 bits per heavy atom. The Hall–Kier alpha value is -4.07. The Morgan fingerprint density at radius 2 is 1.63 bits per heavy atom. The Morgan fingerprint density at radius 1 is 0.971 bits per heavy atom. The van der Waals surface area contributed by atoms with Crippen LogP contribution in [0.2, 0.25) is 0 Å². The maximum atomic E-state index is 13.4. The van der Waals surface area contributed by atoms with Crippen molar-refractivity contribution >= 4 is 17.7 Å². The molecule has 1 aliphatic heterocycles. The van der Waals surface area contributed by atoms with Crippen molar-refractivity contribution in [2.24, 2.45) is 0 Å². The van der Waals surface area contributed by atoms with Crippen molar-refractivity contribution in [2.75, 3.05) is 0 Å². The van der Waals surface area contributed by atoms with Crippen LogP contribution in [-0.4, -0.2) is 28.7 Å². The van der Waals surface area contributed by atoms with Crippen LogP contribution in [0, 0.1) is 11.6 Å². The smallest absolute Gasteiger partial charge is 0.250 e. The van der Waals surface area contributed by atoms with Crippen molar-refractivity contribution in [1.29, 1.82) is 0 Å². The Labute approximate surface area is 201 Å². The fourth-order valence-corrected chi connectivity index (χ4v) is 4.16. The quantitative estimate of drug-likeness (QED) is 0.548. The summed E-state index contributed by atoms with van der Waals surface area (Å²) in [7, 11) is 0. The molecule has 3 aromatic carbocycles. The Balaban J connectivity index is 1.44. The largest absolute Gasteiger partial charge is 0.344 e. The molecule has 2 atom stereocenters. The fraction of sp³-hybridized carbons (Fsp3) is 0.222. The monoisotopic (exact) mass is 477 g/mol. The van der Waals surface area contributed by atoms with Crippen molar-refractivity contribution in [1.82, 2.24) is 15.5 Å². The molecular formula is C27H25F2N3O3. The van der Waals surface area contributed by atoms with Gasteiger partial charge >= 0.3 is 0 Å². The molecular weight excluding hydrogens is 452 g/mol. The summed E-state index contributed by atoms with van der Waals surface area (Å²) < 4.78 is 26.8. The lowest BCUT2D eigenvalue weighted by Gasteiger charge is -2.35. The average molecular weight is 478 g/mol. The third-order valence-electron chi connectivity index (χ3n) is 5.85. The predicted molar refractivity (Wildman–Crippen MR) is 126 cm³/mol. The molecule has 1 unspecified atom stereocenters. The molecule has 0 fully saturated rings. The molecule has 0 spiro atoms. The molecule has 0 aliphatic carbocycles. The van der Waals surface area contributed by atoms with Gasteiger partial charge in [0.2, 0.25) is 17.7 Å². The number of carbonyl (C=O) groups excluding carboxylic acids is 3. The highest BCUT2D eigenvalue weighted by Gasteiger charge is 2.35. The van der Waals surface area contributed by atoms with Gasteiger partial charge in [0.25, 0.3) is 0 Å². The highest BCUT2D eigenvalue weighted by atomic mass is 19.1. The summed E-state index contributed by atoms with van der Waals surface area (Å²) in [6, 6.07) is 18.0. The second-order valence-electron chi connectivity index (χ2n) is 8.56. The average Bonchev–Trinajstić information content (AvgIpc) is 2.81. The molecule has 4 rings (SSSR count). The molecule has 0 bridgehead atoms. The van der Waals surface area contributed by atoms with Crippen LogP contribution >= 0.6 is 0 Å². The predicted octanol–water partition coefficient (Wildman–Crippen LogP) is 3.41. The van der Waals surface area contributed by atoms with Crippen LogP contribution in [0.4, 0.5) is 8.78 Å². The van der Waals surface area contributed by atoms with Crippen molar-refractivity contribution in [3.8, 4) is 0 Å². The number of hydrogen-bond donors (Lipinski definition) is 2. The molecule has 2 N–H and O–H groups in total. The van der Waals surface area contributed by atoms with Crippen LogP contribution in [-0.2, 0) is 33.9 Å². The van der Waals surface area contributed by atoms with Crippen LogP contribution in [0.25, 0.3) is 0 Å². The number of hydrogen-bond acceptors (Lipinski definition) is 3. The lowest BCUT2D eigenvalue weighted by molar-refractivity contribution is -0.139. The van der Waals surface area contributed by atoms with Gasteiger partial charge < -0.3 is 15.5 Å². The Bertz CT molecular complexity index is 1230. The van der Waals surface area contributed by atoms with E-state index in [9.17, 15) is 23.2 Å². The molecule has 1 heterocycles. The minimum absolute atomic E-state index is 0.153. The molecule has 6 nitrogen and oxygen atoms in total. The van der Waals surface area contributed by atoms with Gasteiger partial charge in [-0.1, -0.05) is 54.6 Å². The molecule has 8 heteroatoms. The zero-order valence-electron chi connectivity index (χ0n) is 19.1. The molecule has 35 heavy (non-hydrogen) atoms. The lowest BCUT2D eigenvalue weighted by Crippen LogP contribution is -2.51. The van der Waals surface area contributed by atoms with E-state index in [0.29, 0.717) is 18.7 Å². The first kappa shape index (κ1) is 24.1. The topological polar surface area (TPSA) is 78.5 Å². The summed E-state index contributed by atoms with van der Waals surface area (Å²) >= 11 is 0. The second-order valence-corrected chi connectivity index (χ2v) is 8.56. The highest BCUT2D eigenvalue weighted by Crippen LogP contribution is 2.29. The number of nitrogens with one attached hydrogen (secondary N) is 2. The van der Waals surface area contributed by atoms with Crippen molar-refractivity contribution in [2.45, 2.75) is 38.5 Å². The molecule has 3 amide bonds. The number of rotatable bonds is 7. The number of fused-ring (bicyclic) bond motifs is 1. The SMILES string of the molecule is C[C@H](NC(=O)Cc1cc(F)cc(F)c1)C(=O)NC1C(=O)N(Cc2ccccc2)Cc2ccccc21. The number of halogens is 2. The van der Waals surface area contributed by atoms with E-state index >= 15 is 0 Å². The van der Waals surface area contributed by atoms with Crippen LogP contribution < -0.4 is 10.6 Å². The first-order valence-corrected chi connectivity index (χ1v) is 11.3. The van der Waals surface area contributed by atoms with E-state index in [-0.39, 0.29) is 17.9 Å². The molecule has 180 valence electrons. The lowest BCUT2D eigenvalue weighted by atomic mass is 9.94. The number of carbonyl (C=O) groups is 3. The van der Waals surface area contributed by atoms with E-state index in [2.05, 4.69) is 10.6 Å². The zero-order chi connectivity index (χ0) is 24.9. The third kappa shape index (κ3) is 5.90. The van der Waals surface area contributed by atoms with Gasteiger partial charge in [0.1, 0.15) is 23.7 Å². The van der Waals surface area contributed by atoms with Gasteiger partial charge in [-0.25, -0.2) is 8.78 Å². The number of benzene rings is 3. The van der Waals surface area contributed by atoms with Crippen molar-refractivity contribution < 1.29 is 23.2 Å². The van der Waals surface area contributed by atoms with Gasteiger partial charge in [-0.3, -0.25) is 14.4 Å². The summed E-state index contributed by atoms with van der Waals surface area (Å²) in [5.74, 6) is -2.92. The summed E-state index contributed by atoms with van der Waals surface area (Å²) in [6.07, 6.45) is -0.289. The van der Waals surface area contributed by atoms with E-state index in [1.807, 2.05) is 42.5 Å². The maximum Gasteiger partial charge on any atom is 0.250 e. The number of amides is 3. The third-order valence-corrected chi connectivity index (χ3v) is 5.85. The molecule has 0 radical (unpaired) electrons. The second kappa shape index (κ2) is 10.5. The van der Waals surface area contributed by atoms with Crippen LogP contribution in [0.1, 0.15) is 35.2 Å². The fourth-order valence-electron chi connectivity index (χ4n) is 4.16. The normalized spacial score (nSPS) is 15.8. The maximum absolute atomic E-state index is 13.4.